The molecule has 224 valence electrons. The lowest BCUT2D eigenvalue weighted by atomic mass is 9.78. The monoisotopic (exact) mass is 605 g/mol. The van der Waals surface area contributed by atoms with Crippen LogP contribution in [0.4, 0.5) is 26.3 Å². The number of amides is 1. The fourth-order valence-electron chi connectivity index (χ4n) is 4.86. The Morgan fingerprint density at radius 1 is 0.902 bits per heavy atom. The summed E-state index contributed by atoms with van der Waals surface area (Å²) in [6.45, 7) is 0.0483. The summed E-state index contributed by atoms with van der Waals surface area (Å²) >= 11 is 0. The standard InChI is InChI=1S/C28H29F6NO5S/c1-39-22-9-5-19(6-10-22)20-17-25(36)35(41(37,38)24-13-14-24)26(18-20,28(32,33)34)21-7-11-23(12-8-21)40-16-4-2-3-15-27(29,30)31/h5-12,17,24H,2-4,13-16,18H2,1H3. The SMILES string of the molecule is COc1ccc(C2=CC(=O)N(S(=O)(=O)C3CC3)C(c3ccc(OCCCCCC(F)(F)F)cc3)(C(F)(F)F)C2)cc1. The second-order valence-corrected chi connectivity index (χ2v) is 12.1. The van der Waals surface area contributed by atoms with Gasteiger partial charge in [-0.15, -0.1) is 0 Å². The molecule has 0 aromatic heterocycles. The molecule has 1 aliphatic carbocycles. The predicted octanol–water partition coefficient (Wildman–Crippen LogP) is 6.76. The van der Waals surface area contributed by atoms with E-state index in [4.69, 9.17) is 9.47 Å². The molecule has 1 fully saturated rings. The van der Waals surface area contributed by atoms with Crippen LogP contribution < -0.4 is 9.47 Å². The molecule has 13 heteroatoms. The first-order chi connectivity index (χ1) is 19.2. The molecule has 1 saturated carbocycles. The fourth-order valence-corrected chi connectivity index (χ4v) is 6.90. The zero-order chi connectivity index (χ0) is 30.1. The number of unbranched alkanes of at least 4 members (excludes halogenated alkanes) is 2. The van der Waals surface area contributed by atoms with Crippen LogP contribution in [-0.2, 0) is 20.4 Å². The summed E-state index contributed by atoms with van der Waals surface area (Å²) in [5.74, 6) is -0.676. The summed E-state index contributed by atoms with van der Waals surface area (Å²) in [7, 11) is -3.22. The van der Waals surface area contributed by atoms with E-state index in [-0.39, 0.29) is 47.9 Å². The van der Waals surface area contributed by atoms with Gasteiger partial charge < -0.3 is 9.47 Å². The van der Waals surface area contributed by atoms with Crippen molar-refractivity contribution < 1.29 is 49.0 Å². The van der Waals surface area contributed by atoms with Gasteiger partial charge in [-0.05, 0) is 73.1 Å². The van der Waals surface area contributed by atoms with Crippen LogP contribution in [0, 0.1) is 0 Å². The number of ether oxygens (including phenoxy) is 2. The largest absolute Gasteiger partial charge is 0.497 e. The van der Waals surface area contributed by atoms with Gasteiger partial charge in [-0.3, -0.25) is 4.79 Å². The molecular formula is C28H29F6NO5S. The van der Waals surface area contributed by atoms with Crippen LogP contribution >= 0.6 is 0 Å². The number of carbonyl (C=O) groups excluding carboxylic acids is 1. The van der Waals surface area contributed by atoms with Crippen molar-refractivity contribution in [3.8, 4) is 11.5 Å². The van der Waals surface area contributed by atoms with Gasteiger partial charge in [-0.25, -0.2) is 12.7 Å². The topological polar surface area (TPSA) is 72.9 Å². The van der Waals surface area contributed by atoms with Crippen LogP contribution in [0.5, 0.6) is 11.5 Å². The molecule has 2 aliphatic rings. The lowest BCUT2D eigenvalue weighted by Gasteiger charge is -2.46. The van der Waals surface area contributed by atoms with Gasteiger partial charge in [0, 0.05) is 18.9 Å². The molecular weight excluding hydrogens is 576 g/mol. The summed E-state index contributed by atoms with van der Waals surface area (Å²) in [5.41, 5.74) is -3.36. The maximum Gasteiger partial charge on any atom is 0.417 e. The third kappa shape index (κ3) is 6.65. The van der Waals surface area contributed by atoms with E-state index in [1.54, 1.807) is 0 Å². The van der Waals surface area contributed by atoms with Crippen LogP contribution in [0.15, 0.2) is 54.6 Å². The van der Waals surface area contributed by atoms with E-state index >= 15 is 13.2 Å². The molecule has 2 aromatic rings. The van der Waals surface area contributed by atoms with Crippen molar-refractivity contribution in [3.05, 3.63) is 65.7 Å². The molecule has 1 heterocycles. The van der Waals surface area contributed by atoms with Gasteiger partial charge in [-0.2, -0.15) is 26.3 Å². The summed E-state index contributed by atoms with van der Waals surface area (Å²) in [6, 6.07) is 10.7. The molecule has 0 saturated heterocycles. The van der Waals surface area contributed by atoms with Crippen LogP contribution in [0.2, 0.25) is 0 Å². The number of halogens is 6. The number of nitrogens with zero attached hydrogens (tertiary/aromatic N) is 1. The Morgan fingerprint density at radius 3 is 2.05 bits per heavy atom. The van der Waals surface area contributed by atoms with Crippen molar-refractivity contribution in [2.24, 2.45) is 0 Å². The van der Waals surface area contributed by atoms with Gasteiger partial charge in [-0.1, -0.05) is 24.3 Å². The Bertz CT molecular complexity index is 1370. The molecule has 41 heavy (non-hydrogen) atoms. The number of hydrogen-bond donors (Lipinski definition) is 0. The van der Waals surface area contributed by atoms with Crippen LogP contribution in [0.1, 0.15) is 56.1 Å². The molecule has 0 N–H and O–H groups in total. The van der Waals surface area contributed by atoms with Gasteiger partial charge in [0.25, 0.3) is 5.91 Å². The third-order valence-electron chi connectivity index (χ3n) is 7.13. The van der Waals surface area contributed by atoms with Crippen molar-refractivity contribution in [1.29, 1.82) is 0 Å². The first-order valence-corrected chi connectivity index (χ1v) is 14.5. The van der Waals surface area contributed by atoms with E-state index in [0.717, 1.165) is 18.2 Å². The molecule has 1 amide bonds. The van der Waals surface area contributed by atoms with Crippen LogP contribution in [0.25, 0.3) is 5.57 Å². The minimum Gasteiger partial charge on any atom is -0.497 e. The lowest BCUT2D eigenvalue weighted by Crippen LogP contribution is -2.62. The maximum atomic E-state index is 15.2. The van der Waals surface area contributed by atoms with E-state index < -0.39 is 57.5 Å². The van der Waals surface area contributed by atoms with E-state index in [1.165, 1.54) is 43.5 Å². The highest BCUT2D eigenvalue weighted by molar-refractivity contribution is 7.90. The zero-order valence-corrected chi connectivity index (χ0v) is 22.9. The molecule has 4 rings (SSSR count). The minimum absolute atomic E-state index is 0.00119. The number of sulfonamides is 1. The average molecular weight is 606 g/mol. The number of hydrogen-bond acceptors (Lipinski definition) is 5. The summed E-state index contributed by atoms with van der Waals surface area (Å²) in [4.78, 5) is 13.3. The van der Waals surface area contributed by atoms with E-state index in [9.17, 15) is 26.4 Å². The van der Waals surface area contributed by atoms with Crippen molar-refractivity contribution >= 4 is 21.5 Å². The normalized spacial score (nSPS) is 20.1. The van der Waals surface area contributed by atoms with Crippen molar-refractivity contribution in [2.45, 2.75) is 68.1 Å². The summed E-state index contributed by atoms with van der Waals surface area (Å²) < 4.78 is 120. The molecule has 0 radical (unpaired) electrons. The minimum atomic E-state index is -5.20. The Morgan fingerprint density at radius 2 is 1.51 bits per heavy atom. The summed E-state index contributed by atoms with van der Waals surface area (Å²) in [5, 5.41) is -1.08. The van der Waals surface area contributed by atoms with Gasteiger partial charge >= 0.3 is 12.4 Å². The van der Waals surface area contributed by atoms with Crippen molar-refractivity contribution in [1.82, 2.24) is 4.31 Å². The Hall–Kier alpha value is -3.22. The third-order valence-corrected chi connectivity index (χ3v) is 9.44. The molecule has 1 atom stereocenters. The quantitative estimate of drug-likeness (QED) is 0.209. The Labute approximate surface area is 234 Å². The first-order valence-electron chi connectivity index (χ1n) is 13.0. The smallest absolute Gasteiger partial charge is 0.417 e. The van der Waals surface area contributed by atoms with Gasteiger partial charge in [0.1, 0.15) is 11.5 Å². The molecule has 0 bridgehead atoms. The highest BCUT2D eigenvalue weighted by atomic mass is 32.2. The Balaban J connectivity index is 1.66. The number of alkyl halides is 6. The molecule has 6 nitrogen and oxygen atoms in total. The van der Waals surface area contributed by atoms with E-state index in [2.05, 4.69) is 0 Å². The molecule has 1 unspecified atom stereocenters. The number of methoxy groups -OCH3 is 1. The zero-order valence-electron chi connectivity index (χ0n) is 22.1. The maximum absolute atomic E-state index is 15.2. The van der Waals surface area contributed by atoms with Gasteiger partial charge in [0.05, 0.1) is 19.0 Å². The van der Waals surface area contributed by atoms with Crippen molar-refractivity contribution in [3.63, 3.8) is 0 Å². The highest BCUT2D eigenvalue weighted by Crippen LogP contribution is 2.54. The predicted molar refractivity (Wildman–Crippen MR) is 139 cm³/mol. The first kappa shape index (κ1) is 30.7. The van der Waals surface area contributed by atoms with Gasteiger partial charge in [0.2, 0.25) is 10.0 Å². The van der Waals surface area contributed by atoms with Crippen LogP contribution in [-0.4, -0.2) is 49.9 Å². The van der Waals surface area contributed by atoms with Gasteiger partial charge in [0.15, 0.2) is 5.54 Å². The number of rotatable bonds is 11. The van der Waals surface area contributed by atoms with E-state index in [0.29, 0.717) is 17.7 Å². The molecule has 0 spiro atoms. The number of carbonyl (C=O) groups is 1. The van der Waals surface area contributed by atoms with E-state index in [1.807, 2.05) is 0 Å². The average Bonchev–Trinajstić information content (AvgIpc) is 3.76. The Kier molecular flexibility index (Phi) is 8.68. The fraction of sp³-hybridized carbons (Fsp3) is 0.464. The molecule has 1 aliphatic heterocycles. The lowest BCUT2D eigenvalue weighted by molar-refractivity contribution is -0.221. The van der Waals surface area contributed by atoms with Crippen molar-refractivity contribution in [2.75, 3.05) is 13.7 Å². The summed E-state index contributed by atoms with van der Waals surface area (Å²) in [6.07, 6.45) is -9.45. The number of benzene rings is 2. The highest BCUT2D eigenvalue weighted by Gasteiger charge is 2.67. The van der Waals surface area contributed by atoms with Crippen LogP contribution in [0.3, 0.4) is 0 Å². The second-order valence-electron chi connectivity index (χ2n) is 10.1. The molecule has 2 aromatic carbocycles. The second kappa shape index (κ2) is 11.6.